The van der Waals surface area contributed by atoms with Gasteiger partial charge in [0, 0.05) is 13.1 Å². The normalized spacial score (nSPS) is 16.8. The molecule has 1 fully saturated rings. The van der Waals surface area contributed by atoms with E-state index in [4.69, 9.17) is 0 Å². The predicted molar refractivity (Wildman–Crippen MR) is 66.1 cm³/mol. The maximum atomic E-state index is 12.2. The molecule has 0 aliphatic carbocycles. The topological polar surface area (TPSA) is 52.6 Å². The van der Waals surface area contributed by atoms with Crippen molar-refractivity contribution in [3.05, 3.63) is 29.8 Å². The Morgan fingerprint density at radius 2 is 2.00 bits per heavy atom. The molecule has 0 saturated carbocycles. The van der Waals surface area contributed by atoms with Gasteiger partial charge in [-0.15, -0.1) is 0 Å². The highest BCUT2D eigenvalue weighted by Gasteiger charge is 2.24. The van der Waals surface area contributed by atoms with E-state index in [9.17, 15) is 9.90 Å². The molecule has 0 bridgehead atoms. The predicted octanol–water partition coefficient (Wildman–Crippen LogP) is 1.22. The summed E-state index contributed by atoms with van der Waals surface area (Å²) in [7, 11) is 1.81. The van der Waals surface area contributed by atoms with Crippen LogP contribution >= 0.6 is 0 Å². The summed E-state index contributed by atoms with van der Waals surface area (Å²) in [6, 6.07) is 6.96. The molecule has 0 atom stereocenters. The molecule has 0 radical (unpaired) electrons. The van der Waals surface area contributed by atoms with Gasteiger partial charge in [-0.3, -0.25) is 4.79 Å². The fourth-order valence-electron chi connectivity index (χ4n) is 2.20. The number of nitrogens with zero attached hydrogens (tertiary/aromatic N) is 1. The Hall–Kier alpha value is -1.55. The first-order valence-electron chi connectivity index (χ1n) is 5.96. The zero-order valence-corrected chi connectivity index (χ0v) is 10.0. The van der Waals surface area contributed by atoms with Gasteiger partial charge >= 0.3 is 0 Å². The van der Waals surface area contributed by atoms with Gasteiger partial charge in [0.1, 0.15) is 5.75 Å². The van der Waals surface area contributed by atoms with Crippen molar-refractivity contribution in [1.29, 1.82) is 0 Å². The van der Waals surface area contributed by atoms with Crippen LogP contribution in [0.4, 0.5) is 0 Å². The van der Waals surface area contributed by atoms with Crippen LogP contribution in [-0.4, -0.2) is 42.1 Å². The first-order valence-corrected chi connectivity index (χ1v) is 5.96. The lowest BCUT2D eigenvalue weighted by Gasteiger charge is -2.31. The van der Waals surface area contributed by atoms with E-state index in [-0.39, 0.29) is 17.7 Å². The summed E-state index contributed by atoms with van der Waals surface area (Å²) in [4.78, 5) is 14.0. The van der Waals surface area contributed by atoms with Gasteiger partial charge in [0.05, 0.1) is 5.56 Å². The quantitative estimate of drug-likeness (QED) is 0.809. The fraction of sp³-hybridized carbons (Fsp3) is 0.462. The summed E-state index contributed by atoms with van der Waals surface area (Å²) < 4.78 is 0. The van der Waals surface area contributed by atoms with E-state index in [0.29, 0.717) is 5.56 Å². The van der Waals surface area contributed by atoms with E-state index in [1.54, 1.807) is 29.2 Å². The summed E-state index contributed by atoms with van der Waals surface area (Å²) in [5.74, 6) is -0.0479. The molecule has 2 rings (SSSR count). The number of carbonyl (C=O) groups excluding carboxylic acids is 1. The third kappa shape index (κ3) is 2.58. The Morgan fingerprint density at radius 1 is 1.35 bits per heavy atom. The molecule has 4 nitrogen and oxygen atoms in total. The molecule has 17 heavy (non-hydrogen) atoms. The number of carbonyl (C=O) groups is 1. The molecular formula is C13H18N2O2. The number of rotatable bonds is 2. The number of aromatic hydroxyl groups is 1. The third-order valence-electron chi connectivity index (χ3n) is 3.31. The highest BCUT2D eigenvalue weighted by Crippen LogP contribution is 2.20. The van der Waals surface area contributed by atoms with Gasteiger partial charge in [-0.2, -0.15) is 0 Å². The van der Waals surface area contributed by atoms with E-state index in [0.717, 1.165) is 25.9 Å². The molecule has 1 aromatic rings. The standard InChI is InChI=1S/C13H18N2O2/c1-15(10-6-8-14-9-7-10)13(17)11-4-2-3-5-12(11)16/h2-5,10,14,16H,6-9H2,1H3. The fourth-order valence-corrected chi connectivity index (χ4v) is 2.20. The zero-order chi connectivity index (χ0) is 12.3. The second kappa shape index (κ2) is 5.19. The average molecular weight is 234 g/mol. The van der Waals surface area contributed by atoms with Crippen LogP contribution in [0.25, 0.3) is 0 Å². The Morgan fingerprint density at radius 3 is 2.65 bits per heavy atom. The molecular weight excluding hydrogens is 216 g/mol. The number of amides is 1. The first-order chi connectivity index (χ1) is 8.20. The van der Waals surface area contributed by atoms with Crippen LogP contribution in [0.1, 0.15) is 23.2 Å². The van der Waals surface area contributed by atoms with Crippen LogP contribution in [0.2, 0.25) is 0 Å². The van der Waals surface area contributed by atoms with Crippen molar-refractivity contribution < 1.29 is 9.90 Å². The van der Waals surface area contributed by atoms with Crippen LogP contribution in [-0.2, 0) is 0 Å². The van der Waals surface area contributed by atoms with E-state index >= 15 is 0 Å². The van der Waals surface area contributed by atoms with Crippen LogP contribution in [0.15, 0.2) is 24.3 Å². The van der Waals surface area contributed by atoms with E-state index in [1.165, 1.54) is 0 Å². The van der Waals surface area contributed by atoms with Crippen molar-refractivity contribution in [2.24, 2.45) is 0 Å². The van der Waals surface area contributed by atoms with E-state index in [1.807, 2.05) is 7.05 Å². The number of hydrogen-bond donors (Lipinski definition) is 2. The summed E-state index contributed by atoms with van der Waals surface area (Å²) in [5, 5.41) is 12.9. The Balaban J connectivity index is 2.11. The minimum Gasteiger partial charge on any atom is -0.507 e. The van der Waals surface area contributed by atoms with E-state index < -0.39 is 0 Å². The SMILES string of the molecule is CN(C(=O)c1ccccc1O)C1CCNCC1. The van der Waals surface area contributed by atoms with Crippen LogP contribution < -0.4 is 5.32 Å². The van der Waals surface area contributed by atoms with Crippen LogP contribution in [0, 0.1) is 0 Å². The highest BCUT2D eigenvalue weighted by atomic mass is 16.3. The second-order valence-electron chi connectivity index (χ2n) is 4.41. The van der Waals surface area contributed by atoms with Crippen LogP contribution in [0.3, 0.4) is 0 Å². The van der Waals surface area contributed by atoms with Crippen molar-refractivity contribution in [2.75, 3.05) is 20.1 Å². The van der Waals surface area contributed by atoms with Gasteiger partial charge < -0.3 is 15.3 Å². The number of para-hydroxylation sites is 1. The number of benzene rings is 1. The molecule has 1 aromatic carbocycles. The molecule has 2 N–H and O–H groups in total. The lowest BCUT2D eigenvalue weighted by Crippen LogP contribution is -2.43. The molecule has 4 heteroatoms. The number of nitrogens with one attached hydrogen (secondary N) is 1. The molecule has 0 aromatic heterocycles. The van der Waals surface area contributed by atoms with Crippen molar-refractivity contribution in [3.63, 3.8) is 0 Å². The maximum absolute atomic E-state index is 12.2. The minimum absolute atomic E-state index is 0.0540. The third-order valence-corrected chi connectivity index (χ3v) is 3.31. The number of hydrogen-bond acceptors (Lipinski definition) is 3. The van der Waals surface area contributed by atoms with Gasteiger partial charge in [0.15, 0.2) is 0 Å². The summed E-state index contributed by atoms with van der Waals surface area (Å²) in [6.45, 7) is 1.89. The molecule has 1 aliphatic rings. The molecule has 1 aliphatic heterocycles. The van der Waals surface area contributed by atoms with Gasteiger partial charge in [-0.25, -0.2) is 0 Å². The molecule has 92 valence electrons. The molecule has 0 unspecified atom stereocenters. The second-order valence-corrected chi connectivity index (χ2v) is 4.41. The Labute approximate surface area is 101 Å². The maximum Gasteiger partial charge on any atom is 0.257 e. The van der Waals surface area contributed by atoms with Crippen molar-refractivity contribution >= 4 is 5.91 Å². The molecule has 1 saturated heterocycles. The average Bonchev–Trinajstić information content (AvgIpc) is 2.39. The molecule has 1 heterocycles. The van der Waals surface area contributed by atoms with Crippen molar-refractivity contribution in [1.82, 2.24) is 10.2 Å². The summed E-state index contributed by atoms with van der Waals surface area (Å²) in [6.07, 6.45) is 1.94. The van der Waals surface area contributed by atoms with Gasteiger partial charge in [0.25, 0.3) is 5.91 Å². The summed E-state index contributed by atoms with van der Waals surface area (Å²) >= 11 is 0. The Bertz CT molecular complexity index is 400. The Kier molecular flexibility index (Phi) is 3.64. The lowest BCUT2D eigenvalue weighted by molar-refractivity contribution is 0.0700. The van der Waals surface area contributed by atoms with Crippen molar-refractivity contribution in [3.8, 4) is 5.75 Å². The monoisotopic (exact) mass is 234 g/mol. The van der Waals surface area contributed by atoms with Gasteiger partial charge in [-0.05, 0) is 38.1 Å². The zero-order valence-electron chi connectivity index (χ0n) is 10.0. The largest absolute Gasteiger partial charge is 0.507 e. The van der Waals surface area contributed by atoms with Gasteiger partial charge in [-0.1, -0.05) is 12.1 Å². The minimum atomic E-state index is -0.102. The number of piperidine rings is 1. The highest BCUT2D eigenvalue weighted by molar-refractivity contribution is 5.96. The number of phenols is 1. The first kappa shape index (κ1) is 11.9. The number of phenolic OH excluding ortho intramolecular Hbond substituents is 1. The van der Waals surface area contributed by atoms with Crippen LogP contribution in [0.5, 0.6) is 5.75 Å². The van der Waals surface area contributed by atoms with E-state index in [2.05, 4.69) is 5.32 Å². The van der Waals surface area contributed by atoms with Crippen molar-refractivity contribution in [2.45, 2.75) is 18.9 Å². The molecule has 0 spiro atoms. The molecule has 1 amide bonds. The van der Waals surface area contributed by atoms with Gasteiger partial charge in [0.2, 0.25) is 0 Å². The lowest BCUT2D eigenvalue weighted by atomic mass is 10.0. The summed E-state index contributed by atoms with van der Waals surface area (Å²) in [5.41, 5.74) is 0.383. The smallest absolute Gasteiger partial charge is 0.257 e.